The SMILES string of the molecule is CCC[C@H](N)C(=O)NC1CCN(C2=CC3=CC=CCN3C=C2)C1. The molecule has 0 aromatic carbocycles. The van der Waals surface area contributed by atoms with Crippen molar-refractivity contribution in [1.29, 1.82) is 0 Å². The molecule has 3 aliphatic rings. The van der Waals surface area contributed by atoms with E-state index in [0.29, 0.717) is 0 Å². The third kappa shape index (κ3) is 3.67. The Morgan fingerprint density at radius 2 is 2.35 bits per heavy atom. The highest BCUT2D eigenvalue weighted by Gasteiger charge is 2.27. The highest BCUT2D eigenvalue weighted by molar-refractivity contribution is 5.81. The molecule has 3 rings (SSSR count). The molecule has 1 fully saturated rings. The summed E-state index contributed by atoms with van der Waals surface area (Å²) in [5, 5.41) is 3.10. The molecule has 0 spiro atoms. The zero-order valence-corrected chi connectivity index (χ0v) is 13.7. The molecule has 0 aromatic heterocycles. The zero-order chi connectivity index (χ0) is 16.2. The van der Waals surface area contributed by atoms with Crippen LogP contribution in [0.15, 0.2) is 48.0 Å². The third-order valence-corrected chi connectivity index (χ3v) is 4.59. The molecule has 0 radical (unpaired) electrons. The van der Waals surface area contributed by atoms with Crippen molar-refractivity contribution < 1.29 is 4.79 Å². The molecule has 1 amide bonds. The lowest BCUT2D eigenvalue weighted by atomic mass is 10.1. The number of amides is 1. The van der Waals surface area contributed by atoms with Crippen LogP contribution in [0.2, 0.25) is 0 Å². The Bertz CT molecular complexity index is 576. The first-order chi connectivity index (χ1) is 11.2. The lowest BCUT2D eigenvalue weighted by Crippen LogP contribution is -2.46. The van der Waals surface area contributed by atoms with E-state index in [4.69, 9.17) is 5.73 Å². The van der Waals surface area contributed by atoms with Gasteiger partial charge in [0.25, 0.3) is 0 Å². The zero-order valence-electron chi connectivity index (χ0n) is 13.7. The van der Waals surface area contributed by atoms with Crippen molar-refractivity contribution in [2.24, 2.45) is 5.73 Å². The van der Waals surface area contributed by atoms with Gasteiger partial charge in [0.05, 0.1) is 6.04 Å². The molecule has 5 heteroatoms. The van der Waals surface area contributed by atoms with E-state index in [2.05, 4.69) is 51.7 Å². The van der Waals surface area contributed by atoms with E-state index in [-0.39, 0.29) is 18.0 Å². The quantitative estimate of drug-likeness (QED) is 0.807. The number of hydrogen-bond acceptors (Lipinski definition) is 4. The molecule has 3 aliphatic heterocycles. The Kier molecular flexibility index (Phi) is 4.86. The van der Waals surface area contributed by atoms with Gasteiger partial charge in [0.2, 0.25) is 5.91 Å². The van der Waals surface area contributed by atoms with E-state index in [9.17, 15) is 4.79 Å². The first-order valence-electron chi connectivity index (χ1n) is 8.51. The molecule has 0 saturated carbocycles. The van der Waals surface area contributed by atoms with Crippen LogP contribution in [0.1, 0.15) is 26.2 Å². The molecule has 3 N–H and O–H groups in total. The normalized spacial score (nSPS) is 24.2. The Morgan fingerprint density at radius 1 is 1.48 bits per heavy atom. The first kappa shape index (κ1) is 15.9. The smallest absolute Gasteiger partial charge is 0.237 e. The van der Waals surface area contributed by atoms with Crippen LogP contribution in [0.5, 0.6) is 0 Å². The summed E-state index contributed by atoms with van der Waals surface area (Å²) in [6, 6.07) is -0.187. The van der Waals surface area contributed by atoms with E-state index in [1.807, 2.05) is 6.92 Å². The van der Waals surface area contributed by atoms with Crippen LogP contribution in [-0.4, -0.2) is 47.4 Å². The minimum atomic E-state index is -0.379. The van der Waals surface area contributed by atoms with Crippen molar-refractivity contribution in [1.82, 2.24) is 15.1 Å². The Hall–Kier alpha value is -2.01. The molecule has 3 heterocycles. The first-order valence-corrected chi connectivity index (χ1v) is 8.51. The maximum Gasteiger partial charge on any atom is 0.237 e. The van der Waals surface area contributed by atoms with Crippen LogP contribution in [0, 0.1) is 0 Å². The summed E-state index contributed by atoms with van der Waals surface area (Å²) in [6.07, 6.45) is 15.5. The average Bonchev–Trinajstić information content (AvgIpc) is 3.03. The fraction of sp³-hybridized carbons (Fsp3) is 0.500. The number of nitrogens with zero attached hydrogens (tertiary/aromatic N) is 2. The third-order valence-electron chi connectivity index (χ3n) is 4.59. The second kappa shape index (κ2) is 7.04. The monoisotopic (exact) mass is 314 g/mol. The number of allylic oxidation sites excluding steroid dienone is 4. The van der Waals surface area contributed by atoms with Gasteiger partial charge in [-0.25, -0.2) is 0 Å². The largest absolute Gasteiger partial charge is 0.369 e. The molecule has 0 bridgehead atoms. The van der Waals surface area contributed by atoms with Gasteiger partial charge in [-0.15, -0.1) is 0 Å². The summed E-state index contributed by atoms with van der Waals surface area (Å²) in [6.45, 7) is 4.79. The van der Waals surface area contributed by atoms with Gasteiger partial charge < -0.3 is 20.9 Å². The summed E-state index contributed by atoms with van der Waals surface area (Å²) >= 11 is 0. The minimum absolute atomic E-state index is 0.0156. The van der Waals surface area contributed by atoms with Gasteiger partial charge in [0.1, 0.15) is 0 Å². The van der Waals surface area contributed by atoms with Crippen LogP contribution in [0.25, 0.3) is 0 Å². The Labute approximate surface area is 138 Å². The van der Waals surface area contributed by atoms with Gasteiger partial charge in [-0.3, -0.25) is 4.79 Å². The number of rotatable bonds is 5. The van der Waals surface area contributed by atoms with Crippen molar-refractivity contribution in [3.8, 4) is 0 Å². The summed E-state index contributed by atoms with van der Waals surface area (Å²) < 4.78 is 0. The number of carbonyl (C=O) groups is 1. The molecule has 0 aromatic rings. The average molecular weight is 314 g/mol. The lowest BCUT2D eigenvalue weighted by Gasteiger charge is -2.29. The van der Waals surface area contributed by atoms with E-state index in [1.165, 1.54) is 11.4 Å². The van der Waals surface area contributed by atoms with E-state index in [0.717, 1.165) is 38.9 Å². The topological polar surface area (TPSA) is 61.6 Å². The molecule has 5 nitrogen and oxygen atoms in total. The Morgan fingerprint density at radius 3 is 3.17 bits per heavy atom. The number of nitrogens with two attached hydrogens (primary N) is 1. The second-order valence-electron chi connectivity index (χ2n) is 6.39. The summed E-state index contributed by atoms with van der Waals surface area (Å²) in [7, 11) is 0. The molecule has 23 heavy (non-hydrogen) atoms. The summed E-state index contributed by atoms with van der Waals surface area (Å²) in [4.78, 5) is 16.6. The van der Waals surface area contributed by atoms with Crippen LogP contribution in [0.4, 0.5) is 0 Å². The van der Waals surface area contributed by atoms with Crippen molar-refractivity contribution >= 4 is 5.91 Å². The van der Waals surface area contributed by atoms with Crippen LogP contribution in [0.3, 0.4) is 0 Å². The van der Waals surface area contributed by atoms with Crippen molar-refractivity contribution in [3.05, 3.63) is 48.0 Å². The lowest BCUT2D eigenvalue weighted by molar-refractivity contribution is -0.123. The van der Waals surface area contributed by atoms with Gasteiger partial charge in [0, 0.05) is 43.3 Å². The number of nitrogens with one attached hydrogen (secondary N) is 1. The van der Waals surface area contributed by atoms with Crippen molar-refractivity contribution in [2.75, 3.05) is 19.6 Å². The second-order valence-corrected chi connectivity index (χ2v) is 6.39. The van der Waals surface area contributed by atoms with Gasteiger partial charge in [0.15, 0.2) is 0 Å². The molecular weight excluding hydrogens is 288 g/mol. The molecule has 1 unspecified atom stereocenters. The van der Waals surface area contributed by atoms with Crippen molar-refractivity contribution in [3.63, 3.8) is 0 Å². The maximum absolute atomic E-state index is 12.1. The van der Waals surface area contributed by atoms with Crippen LogP contribution >= 0.6 is 0 Å². The predicted molar refractivity (Wildman–Crippen MR) is 92.2 cm³/mol. The highest BCUT2D eigenvalue weighted by Crippen LogP contribution is 2.24. The fourth-order valence-corrected chi connectivity index (χ4v) is 3.25. The van der Waals surface area contributed by atoms with Gasteiger partial charge in [-0.05, 0) is 31.1 Å². The minimum Gasteiger partial charge on any atom is -0.369 e. The highest BCUT2D eigenvalue weighted by atomic mass is 16.2. The van der Waals surface area contributed by atoms with Gasteiger partial charge >= 0.3 is 0 Å². The number of fused-ring (bicyclic) bond motifs is 1. The van der Waals surface area contributed by atoms with E-state index in [1.54, 1.807) is 0 Å². The van der Waals surface area contributed by atoms with Crippen LogP contribution in [-0.2, 0) is 4.79 Å². The number of carbonyl (C=O) groups excluding carboxylic acids is 1. The molecule has 0 aliphatic carbocycles. The molecule has 124 valence electrons. The van der Waals surface area contributed by atoms with Crippen LogP contribution < -0.4 is 11.1 Å². The van der Waals surface area contributed by atoms with E-state index >= 15 is 0 Å². The van der Waals surface area contributed by atoms with Crippen molar-refractivity contribution in [2.45, 2.75) is 38.3 Å². The Balaban J connectivity index is 1.57. The number of hydrogen-bond donors (Lipinski definition) is 2. The number of likely N-dealkylation sites (tertiary alicyclic amines) is 1. The molecule has 2 atom stereocenters. The van der Waals surface area contributed by atoms with Gasteiger partial charge in [-0.2, -0.15) is 0 Å². The maximum atomic E-state index is 12.1. The molecule has 1 saturated heterocycles. The summed E-state index contributed by atoms with van der Waals surface area (Å²) in [5.41, 5.74) is 8.33. The standard InChI is InChI=1S/C18H26N4O/c1-2-5-17(19)18(23)20-14-7-10-22(13-14)16-8-11-21-9-4-3-6-15(21)12-16/h3-4,6,8,11-12,14,17H,2,5,7,9-10,13,19H2,1H3,(H,20,23)/t14?,17-/m0/s1. The van der Waals surface area contributed by atoms with Gasteiger partial charge in [-0.1, -0.05) is 25.5 Å². The summed E-state index contributed by atoms with van der Waals surface area (Å²) in [5.74, 6) is -0.0156. The fourth-order valence-electron chi connectivity index (χ4n) is 3.25. The van der Waals surface area contributed by atoms with E-state index < -0.39 is 0 Å². The molecular formula is C18H26N4O. The predicted octanol–water partition coefficient (Wildman–Crippen LogP) is 1.47.